The quantitative estimate of drug-likeness (QED) is 0.673. The number of H-pyrrole nitrogens is 1. The average Bonchev–Trinajstić information content (AvgIpc) is 2.91. The van der Waals surface area contributed by atoms with Crippen LogP contribution < -0.4 is 10.6 Å². The van der Waals surface area contributed by atoms with Gasteiger partial charge in [0.1, 0.15) is 0 Å². The van der Waals surface area contributed by atoms with E-state index in [0.717, 1.165) is 17.5 Å². The van der Waals surface area contributed by atoms with Gasteiger partial charge < -0.3 is 15.6 Å². The summed E-state index contributed by atoms with van der Waals surface area (Å²) >= 11 is 1.31. The minimum absolute atomic E-state index is 0.0134. The van der Waals surface area contributed by atoms with Gasteiger partial charge in [-0.25, -0.2) is 4.98 Å². The minimum atomic E-state index is -0.188. The molecule has 0 fully saturated rings. The molecule has 21 heavy (non-hydrogen) atoms. The Balaban J connectivity index is 1.74. The first-order chi connectivity index (χ1) is 10.2. The molecule has 0 aliphatic rings. The van der Waals surface area contributed by atoms with Gasteiger partial charge in [-0.15, -0.1) is 0 Å². The van der Waals surface area contributed by atoms with Gasteiger partial charge in [0.2, 0.25) is 11.8 Å². The van der Waals surface area contributed by atoms with E-state index in [1.807, 2.05) is 31.2 Å². The molecule has 1 aromatic heterocycles. The maximum absolute atomic E-state index is 11.7. The molecule has 6 nitrogen and oxygen atoms in total. The Morgan fingerprint density at radius 1 is 1.24 bits per heavy atom. The second kappa shape index (κ2) is 7.68. The summed E-state index contributed by atoms with van der Waals surface area (Å²) in [5.41, 5.74) is 1.82. The molecule has 0 spiro atoms. The number of thioether (sulfide) groups is 1. The highest BCUT2D eigenvalue weighted by Gasteiger charge is 2.08. The second-order valence-corrected chi connectivity index (χ2v) is 5.44. The van der Waals surface area contributed by atoms with Crippen molar-refractivity contribution in [3.63, 3.8) is 0 Å². The molecule has 1 heterocycles. The number of nitrogens with one attached hydrogen (secondary N) is 3. The standard InChI is InChI=1S/C14H18N4O2S/c1-2-7-15-12(19)8-16-13(20)9-21-14-17-10-5-3-4-6-11(10)18-14/h3-6H,2,7-9H2,1H3,(H,15,19)(H,16,20)(H,17,18). The Labute approximate surface area is 127 Å². The summed E-state index contributed by atoms with van der Waals surface area (Å²) in [6, 6.07) is 7.69. The highest BCUT2D eigenvalue weighted by Crippen LogP contribution is 2.18. The molecule has 0 saturated heterocycles. The third-order valence-electron chi connectivity index (χ3n) is 2.73. The number of fused-ring (bicyclic) bond motifs is 1. The van der Waals surface area contributed by atoms with Gasteiger partial charge in [-0.3, -0.25) is 9.59 Å². The third-order valence-corrected chi connectivity index (χ3v) is 3.60. The molecule has 3 N–H and O–H groups in total. The Hall–Kier alpha value is -2.02. The van der Waals surface area contributed by atoms with Crippen LogP contribution in [0.4, 0.5) is 0 Å². The van der Waals surface area contributed by atoms with Crippen LogP contribution in [0.15, 0.2) is 29.4 Å². The highest BCUT2D eigenvalue weighted by molar-refractivity contribution is 7.99. The van der Waals surface area contributed by atoms with Gasteiger partial charge >= 0.3 is 0 Å². The molecule has 7 heteroatoms. The molecule has 0 saturated carbocycles. The van der Waals surface area contributed by atoms with Crippen molar-refractivity contribution in [2.24, 2.45) is 0 Å². The lowest BCUT2D eigenvalue weighted by Crippen LogP contribution is -2.37. The number of imidazole rings is 1. The predicted octanol–water partition coefficient (Wildman–Crippen LogP) is 1.30. The summed E-state index contributed by atoms with van der Waals surface area (Å²) in [6.07, 6.45) is 0.877. The van der Waals surface area contributed by atoms with E-state index >= 15 is 0 Å². The fourth-order valence-corrected chi connectivity index (χ4v) is 2.40. The molecular formula is C14H18N4O2S. The molecule has 0 radical (unpaired) electrons. The smallest absolute Gasteiger partial charge is 0.239 e. The lowest BCUT2D eigenvalue weighted by molar-refractivity contribution is -0.124. The van der Waals surface area contributed by atoms with E-state index in [1.165, 1.54) is 11.8 Å². The van der Waals surface area contributed by atoms with Crippen LogP contribution in [-0.4, -0.2) is 40.6 Å². The second-order valence-electron chi connectivity index (χ2n) is 4.47. The monoisotopic (exact) mass is 306 g/mol. The van der Waals surface area contributed by atoms with E-state index < -0.39 is 0 Å². The van der Waals surface area contributed by atoms with Gasteiger partial charge in [-0.1, -0.05) is 30.8 Å². The third kappa shape index (κ3) is 4.78. The van der Waals surface area contributed by atoms with E-state index in [2.05, 4.69) is 20.6 Å². The highest BCUT2D eigenvalue weighted by atomic mass is 32.2. The van der Waals surface area contributed by atoms with Gasteiger partial charge in [0.05, 0.1) is 23.3 Å². The number of para-hydroxylation sites is 2. The maximum atomic E-state index is 11.7. The number of aromatic nitrogens is 2. The molecule has 2 amide bonds. The maximum Gasteiger partial charge on any atom is 0.239 e. The van der Waals surface area contributed by atoms with E-state index in [0.29, 0.717) is 11.7 Å². The SMILES string of the molecule is CCCNC(=O)CNC(=O)CSc1nc2ccccc2[nH]1. The first kappa shape index (κ1) is 15.4. The predicted molar refractivity (Wildman–Crippen MR) is 83.1 cm³/mol. The number of hydrogen-bond donors (Lipinski definition) is 3. The van der Waals surface area contributed by atoms with Gasteiger partial charge in [0.25, 0.3) is 0 Å². The Bertz CT molecular complexity index is 593. The van der Waals surface area contributed by atoms with Crippen LogP contribution in [0, 0.1) is 0 Å². The summed E-state index contributed by atoms with van der Waals surface area (Å²) < 4.78 is 0. The first-order valence-corrected chi connectivity index (χ1v) is 7.78. The topological polar surface area (TPSA) is 86.9 Å². The summed E-state index contributed by atoms with van der Waals surface area (Å²) in [7, 11) is 0. The first-order valence-electron chi connectivity index (χ1n) is 6.80. The van der Waals surface area contributed by atoms with Crippen molar-refractivity contribution in [1.29, 1.82) is 0 Å². The van der Waals surface area contributed by atoms with E-state index in [1.54, 1.807) is 0 Å². The molecule has 0 bridgehead atoms. The van der Waals surface area contributed by atoms with Crippen molar-refractivity contribution >= 4 is 34.6 Å². The molecule has 0 aliphatic heterocycles. The lowest BCUT2D eigenvalue weighted by atomic mass is 10.3. The average molecular weight is 306 g/mol. The van der Waals surface area contributed by atoms with E-state index in [4.69, 9.17) is 0 Å². The number of nitrogens with zero attached hydrogens (tertiary/aromatic N) is 1. The number of hydrogen-bond acceptors (Lipinski definition) is 4. The van der Waals surface area contributed by atoms with Crippen molar-refractivity contribution in [3.05, 3.63) is 24.3 Å². The number of benzene rings is 1. The van der Waals surface area contributed by atoms with Crippen molar-refractivity contribution in [2.75, 3.05) is 18.8 Å². The van der Waals surface area contributed by atoms with Crippen LogP contribution in [-0.2, 0) is 9.59 Å². The minimum Gasteiger partial charge on any atom is -0.355 e. The van der Waals surface area contributed by atoms with Gasteiger partial charge in [-0.05, 0) is 18.6 Å². The molecule has 1 aromatic carbocycles. The van der Waals surface area contributed by atoms with Crippen LogP contribution in [0.2, 0.25) is 0 Å². The fraction of sp³-hybridized carbons (Fsp3) is 0.357. The molecular weight excluding hydrogens is 288 g/mol. The largest absolute Gasteiger partial charge is 0.355 e. The van der Waals surface area contributed by atoms with Gasteiger partial charge in [0.15, 0.2) is 5.16 Å². The van der Waals surface area contributed by atoms with Crippen LogP contribution in [0.25, 0.3) is 11.0 Å². The summed E-state index contributed by atoms with van der Waals surface area (Å²) in [5.74, 6) is -0.132. The molecule has 0 atom stereocenters. The molecule has 112 valence electrons. The number of amides is 2. The Kier molecular flexibility index (Phi) is 5.62. The van der Waals surface area contributed by atoms with Crippen LogP contribution in [0.5, 0.6) is 0 Å². The van der Waals surface area contributed by atoms with E-state index in [-0.39, 0.29) is 24.1 Å². The van der Waals surface area contributed by atoms with E-state index in [9.17, 15) is 9.59 Å². The van der Waals surface area contributed by atoms with Gasteiger partial charge in [0, 0.05) is 6.54 Å². The molecule has 2 rings (SSSR count). The van der Waals surface area contributed by atoms with Crippen molar-refractivity contribution in [2.45, 2.75) is 18.5 Å². The molecule has 2 aromatic rings. The molecule has 0 aliphatic carbocycles. The van der Waals surface area contributed by atoms with Gasteiger partial charge in [-0.2, -0.15) is 0 Å². The van der Waals surface area contributed by atoms with Crippen LogP contribution in [0.1, 0.15) is 13.3 Å². The zero-order chi connectivity index (χ0) is 15.1. The summed E-state index contributed by atoms with van der Waals surface area (Å²) in [5, 5.41) is 5.98. The summed E-state index contributed by atoms with van der Waals surface area (Å²) in [6.45, 7) is 2.62. The van der Waals surface area contributed by atoms with Crippen molar-refractivity contribution in [3.8, 4) is 0 Å². The van der Waals surface area contributed by atoms with Crippen molar-refractivity contribution in [1.82, 2.24) is 20.6 Å². The normalized spacial score (nSPS) is 10.5. The number of carbonyl (C=O) groups excluding carboxylic acids is 2. The van der Waals surface area contributed by atoms with Crippen LogP contribution in [0.3, 0.4) is 0 Å². The lowest BCUT2D eigenvalue weighted by Gasteiger charge is -2.05. The zero-order valence-electron chi connectivity index (χ0n) is 11.8. The Morgan fingerprint density at radius 2 is 2.05 bits per heavy atom. The zero-order valence-corrected chi connectivity index (χ0v) is 12.6. The number of aromatic amines is 1. The number of carbonyl (C=O) groups is 2. The van der Waals surface area contributed by atoms with Crippen LogP contribution >= 0.6 is 11.8 Å². The van der Waals surface area contributed by atoms with Crippen molar-refractivity contribution < 1.29 is 9.59 Å². The summed E-state index contributed by atoms with van der Waals surface area (Å²) in [4.78, 5) is 30.5. The number of rotatable bonds is 7. The molecule has 0 unspecified atom stereocenters. The fourth-order valence-electron chi connectivity index (χ4n) is 1.69. The Morgan fingerprint density at radius 3 is 2.81 bits per heavy atom.